The van der Waals surface area contributed by atoms with Crippen molar-refractivity contribution in [3.8, 4) is 5.75 Å². The molecule has 0 saturated heterocycles. The molecule has 0 aliphatic heterocycles. The lowest BCUT2D eigenvalue weighted by Gasteiger charge is -2.18. The van der Waals surface area contributed by atoms with Crippen LogP contribution in [0.4, 0.5) is 0 Å². The van der Waals surface area contributed by atoms with E-state index in [4.69, 9.17) is 4.74 Å². The van der Waals surface area contributed by atoms with E-state index in [2.05, 4.69) is 34.3 Å². The van der Waals surface area contributed by atoms with Crippen LogP contribution < -0.4 is 10.1 Å². The highest BCUT2D eigenvalue weighted by atomic mass is 16.5. The molecule has 0 radical (unpaired) electrons. The number of nitrogens with one attached hydrogen (secondary N) is 1. The van der Waals surface area contributed by atoms with Gasteiger partial charge in [-0.05, 0) is 37.1 Å². The second kappa shape index (κ2) is 7.60. The number of hydrogen-bond donors (Lipinski definition) is 1. The summed E-state index contributed by atoms with van der Waals surface area (Å²) in [5, 5.41) is 3.53. The van der Waals surface area contributed by atoms with Crippen molar-refractivity contribution in [1.29, 1.82) is 0 Å². The van der Waals surface area contributed by atoms with Crippen LogP contribution in [0.15, 0.2) is 42.9 Å². The molecule has 4 heteroatoms. The Kier molecular flexibility index (Phi) is 5.50. The van der Waals surface area contributed by atoms with E-state index in [0.29, 0.717) is 0 Å². The van der Waals surface area contributed by atoms with Gasteiger partial charge in [-0.2, -0.15) is 0 Å². The van der Waals surface area contributed by atoms with Crippen LogP contribution in [0.2, 0.25) is 0 Å². The third-order valence-electron chi connectivity index (χ3n) is 3.15. The number of nitrogens with zero attached hydrogens (tertiary/aromatic N) is 2. The van der Waals surface area contributed by atoms with Crippen molar-refractivity contribution in [2.24, 2.45) is 0 Å². The quantitative estimate of drug-likeness (QED) is 0.841. The molecule has 0 fully saturated rings. The molecule has 1 aromatic heterocycles. The molecule has 4 nitrogen and oxygen atoms in total. The monoisotopic (exact) mass is 271 g/mol. The average molecular weight is 271 g/mol. The molecule has 0 aliphatic rings. The fourth-order valence-electron chi connectivity index (χ4n) is 2.13. The normalized spacial score (nSPS) is 12.1. The maximum absolute atomic E-state index is 5.27. The minimum Gasteiger partial charge on any atom is -0.497 e. The highest BCUT2D eigenvalue weighted by Gasteiger charge is 2.13. The van der Waals surface area contributed by atoms with E-state index in [0.717, 1.165) is 30.8 Å². The molecule has 0 spiro atoms. The fraction of sp³-hybridized carbons (Fsp3) is 0.375. The number of rotatable bonds is 7. The van der Waals surface area contributed by atoms with Crippen molar-refractivity contribution in [3.05, 3.63) is 54.1 Å². The summed E-state index contributed by atoms with van der Waals surface area (Å²) in [5.41, 5.74) is 2.20. The van der Waals surface area contributed by atoms with Gasteiger partial charge in [0.15, 0.2) is 0 Å². The smallest absolute Gasteiger partial charge is 0.119 e. The van der Waals surface area contributed by atoms with Crippen LogP contribution in [0, 0.1) is 0 Å². The van der Waals surface area contributed by atoms with Gasteiger partial charge < -0.3 is 10.1 Å². The molecule has 0 saturated carbocycles. The second-order valence-corrected chi connectivity index (χ2v) is 4.69. The predicted molar refractivity (Wildman–Crippen MR) is 79.8 cm³/mol. The van der Waals surface area contributed by atoms with E-state index >= 15 is 0 Å². The van der Waals surface area contributed by atoms with Crippen LogP contribution in [-0.4, -0.2) is 23.6 Å². The summed E-state index contributed by atoms with van der Waals surface area (Å²) in [5.74, 6) is 0.885. The van der Waals surface area contributed by atoms with Crippen LogP contribution in [0.1, 0.15) is 30.6 Å². The molecule has 1 unspecified atom stereocenters. The first-order valence-electron chi connectivity index (χ1n) is 6.95. The van der Waals surface area contributed by atoms with Gasteiger partial charge in [-0.3, -0.25) is 9.97 Å². The van der Waals surface area contributed by atoms with Crippen molar-refractivity contribution in [1.82, 2.24) is 15.3 Å². The minimum atomic E-state index is 0.177. The van der Waals surface area contributed by atoms with Gasteiger partial charge in [-0.25, -0.2) is 0 Å². The first kappa shape index (κ1) is 14.5. The first-order valence-corrected chi connectivity index (χ1v) is 6.95. The molecule has 0 amide bonds. The van der Waals surface area contributed by atoms with Crippen molar-refractivity contribution in [2.45, 2.75) is 25.8 Å². The van der Waals surface area contributed by atoms with Crippen molar-refractivity contribution in [3.63, 3.8) is 0 Å². The van der Waals surface area contributed by atoms with E-state index in [9.17, 15) is 0 Å². The molecule has 1 heterocycles. The number of aromatic nitrogens is 2. The zero-order valence-corrected chi connectivity index (χ0v) is 12.0. The third kappa shape index (κ3) is 4.03. The number of methoxy groups -OCH3 is 1. The molecule has 106 valence electrons. The van der Waals surface area contributed by atoms with Gasteiger partial charge in [0.05, 0.1) is 18.8 Å². The Balaban J connectivity index is 2.14. The molecular weight excluding hydrogens is 250 g/mol. The molecule has 1 aromatic carbocycles. The lowest BCUT2D eigenvalue weighted by atomic mass is 10.0. The van der Waals surface area contributed by atoms with Crippen LogP contribution in [0.25, 0.3) is 0 Å². The van der Waals surface area contributed by atoms with E-state index in [-0.39, 0.29) is 6.04 Å². The molecule has 0 bridgehead atoms. The summed E-state index contributed by atoms with van der Waals surface area (Å²) in [4.78, 5) is 8.58. The average Bonchev–Trinajstić information content (AvgIpc) is 2.52. The first-order chi connectivity index (χ1) is 9.83. The third-order valence-corrected chi connectivity index (χ3v) is 3.15. The molecule has 0 aliphatic carbocycles. The topological polar surface area (TPSA) is 47.0 Å². The van der Waals surface area contributed by atoms with E-state index < -0.39 is 0 Å². The summed E-state index contributed by atoms with van der Waals surface area (Å²) >= 11 is 0. The standard InChI is InChI=1S/C16H21N3O/c1-3-7-18-15(16-12-17-8-9-19-16)11-13-5-4-6-14(10-13)20-2/h4-6,8-10,12,15,18H,3,7,11H2,1-2H3. The Bertz CT molecular complexity index is 516. The fourth-order valence-corrected chi connectivity index (χ4v) is 2.13. The van der Waals surface area contributed by atoms with E-state index in [1.807, 2.05) is 18.3 Å². The highest BCUT2D eigenvalue weighted by Crippen LogP contribution is 2.19. The van der Waals surface area contributed by atoms with Crippen molar-refractivity contribution < 1.29 is 4.74 Å². The Labute approximate surface area is 120 Å². The van der Waals surface area contributed by atoms with E-state index in [1.165, 1.54) is 5.56 Å². The van der Waals surface area contributed by atoms with Crippen molar-refractivity contribution in [2.75, 3.05) is 13.7 Å². The Hall–Kier alpha value is -1.94. The number of benzene rings is 1. The van der Waals surface area contributed by atoms with Gasteiger partial charge >= 0.3 is 0 Å². The maximum Gasteiger partial charge on any atom is 0.119 e. The summed E-state index contributed by atoms with van der Waals surface area (Å²) in [6.45, 7) is 3.12. The number of hydrogen-bond acceptors (Lipinski definition) is 4. The molecule has 2 rings (SSSR count). The van der Waals surface area contributed by atoms with Crippen LogP contribution >= 0.6 is 0 Å². The van der Waals surface area contributed by atoms with Gasteiger partial charge in [0.1, 0.15) is 5.75 Å². The van der Waals surface area contributed by atoms with Gasteiger partial charge in [-0.1, -0.05) is 19.1 Å². The summed E-state index contributed by atoms with van der Waals surface area (Å²) in [6, 6.07) is 8.33. The van der Waals surface area contributed by atoms with Gasteiger partial charge in [-0.15, -0.1) is 0 Å². The summed E-state index contributed by atoms with van der Waals surface area (Å²) < 4.78 is 5.27. The minimum absolute atomic E-state index is 0.177. The van der Waals surface area contributed by atoms with Gasteiger partial charge in [0.25, 0.3) is 0 Å². The summed E-state index contributed by atoms with van der Waals surface area (Å²) in [7, 11) is 1.69. The summed E-state index contributed by atoms with van der Waals surface area (Å²) in [6.07, 6.45) is 7.23. The second-order valence-electron chi connectivity index (χ2n) is 4.69. The molecule has 2 aromatic rings. The Morgan fingerprint density at radius 1 is 1.30 bits per heavy atom. The zero-order chi connectivity index (χ0) is 14.2. The van der Waals surface area contributed by atoms with Crippen LogP contribution in [-0.2, 0) is 6.42 Å². The number of ether oxygens (including phenoxy) is 1. The predicted octanol–water partition coefficient (Wildman–Crippen LogP) is 2.77. The van der Waals surface area contributed by atoms with Crippen LogP contribution in [0.5, 0.6) is 5.75 Å². The van der Waals surface area contributed by atoms with Crippen molar-refractivity contribution >= 4 is 0 Å². The maximum atomic E-state index is 5.27. The zero-order valence-electron chi connectivity index (χ0n) is 12.0. The largest absolute Gasteiger partial charge is 0.497 e. The lowest BCUT2D eigenvalue weighted by Crippen LogP contribution is -2.25. The van der Waals surface area contributed by atoms with Gasteiger partial charge in [0.2, 0.25) is 0 Å². The highest BCUT2D eigenvalue weighted by molar-refractivity contribution is 5.29. The Morgan fingerprint density at radius 3 is 2.90 bits per heavy atom. The van der Waals surface area contributed by atoms with Crippen LogP contribution in [0.3, 0.4) is 0 Å². The lowest BCUT2D eigenvalue weighted by molar-refractivity contribution is 0.413. The molecule has 20 heavy (non-hydrogen) atoms. The van der Waals surface area contributed by atoms with E-state index in [1.54, 1.807) is 19.5 Å². The SMILES string of the molecule is CCCNC(Cc1cccc(OC)c1)c1cnccn1. The molecule has 1 N–H and O–H groups in total. The Morgan fingerprint density at radius 2 is 2.20 bits per heavy atom. The molecule has 1 atom stereocenters. The van der Waals surface area contributed by atoms with Gasteiger partial charge in [0, 0.05) is 18.6 Å². The molecular formula is C16H21N3O.